The summed E-state index contributed by atoms with van der Waals surface area (Å²) >= 11 is 0. The van der Waals surface area contributed by atoms with Gasteiger partial charge in [-0.1, -0.05) is 36.4 Å². The predicted octanol–water partition coefficient (Wildman–Crippen LogP) is 1.38. The summed E-state index contributed by atoms with van der Waals surface area (Å²) in [5.74, 6) is 0. The number of carbonyl (C=O) groups is 1. The van der Waals surface area contributed by atoms with Gasteiger partial charge < -0.3 is 19.6 Å². The second-order valence-electron chi connectivity index (χ2n) is 7.44. The number of fused-ring (bicyclic) bond motifs is 2. The Balaban J connectivity index is 1.70. The first kappa shape index (κ1) is 18.9. The Labute approximate surface area is 165 Å². The number of carbonyl (C=O) groups excluding carboxylic acids is 1. The molecular formula is C22H28N3O3+. The first-order chi connectivity index (χ1) is 13.7. The van der Waals surface area contributed by atoms with Crippen LogP contribution in [0.5, 0.6) is 0 Å². The number of rotatable bonds is 3. The molecule has 2 amide bonds. The number of benzene rings is 2. The van der Waals surface area contributed by atoms with Crippen molar-refractivity contribution in [3.8, 4) is 0 Å². The maximum Gasteiger partial charge on any atom is 0.329 e. The number of ether oxygens (including phenoxy) is 1. The second-order valence-corrected chi connectivity index (χ2v) is 7.44. The van der Waals surface area contributed by atoms with E-state index in [1.807, 2.05) is 46.2 Å². The number of para-hydroxylation sites is 2. The highest BCUT2D eigenvalue weighted by Crippen LogP contribution is 2.41. The number of anilines is 2. The van der Waals surface area contributed by atoms with Crippen molar-refractivity contribution >= 4 is 17.4 Å². The van der Waals surface area contributed by atoms with E-state index < -0.39 is 0 Å². The number of hydrogen-bond acceptors (Lipinski definition) is 3. The third kappa shape index (κ3) is 3.51. The van der Waals surface area contributed by atoms with Gasteiger partial charge in [-0.2, -0.15) is 0 Å². The molecular weight excluding hydrogens is 354 g/mol. The van der Waals surface area contributed by atoms with Gasteiger partial charge >= 0.3 is 6.03 Å². The molecule has 2 heterocycles. The molecule has 6 heteroatoms. The third-order valence-corrected chi connectivity index (χ3v) is 5.84. The molecule has 2 aliphatic heterocycles. The Morgan fingerprint density at radius 1 is 1.11 bits per heavy atom. The number of piperazine rings is 1. The molecule has 0 saturated carbocycles. The number of quaternary nitrogens is 1. The number of hydrogen-bond donors (Lipinski definition) is 2. The van der Waals surface area contributed by atoms with Crippen LogP contribution in [0.25, 0.3) is 0 Å². The van der Waals surface area contributed by atoms with Crippen molar-refractivity contribution in [1.29, 1.82) is 0 Å². The molecule has 0 aliphatic carbocycles. The SMILES string of the molecule is COC1Cc2ccccc2N(C(=O)N2CC[NH+](CCO)CC2)c2ccccc21. The number of nitrogens with one attached hydrogen (secondary N) is 1. The van der Waals surface area contributed by atoms with E-state index in [9.17, 15) is 9.90 Å². The van der Waals surface area contributed by atoms with Gasteiger partial charge in [0.05, 0.1) is 50.3 Å². The van der Waals surface area contributed by atoms with Crippen LogP contribution in [0.4, 0.5) is 16.2 Å². The largest absolute Gasteiger partial charge is 0.391 e. The van der Waals surface area contributed by atoms with Gasteiger partial charge in [0, 0.05) is 19.1 Å². The molecule has 6 nitrogen and oxygen atoms in total. The summed E-state index contributed by atoms with van der Waals surface area (Å²) in [5.41, 5.74) is 3.99. The smallest absolute Gasteiger partial charge is 0.329 e. The summed E-state index contributed by atoms with van der Waals surface area (Å²) in [4.78, 5) is 18.8. The Bertz CT molecular complexity index is 833. The van der Waals surface area contributed by atoms with Crippen molar-refractivity contribution in [2.75, 3.05) is 51.3 Å². The number of nitrogens with zero attached hydrogens (tertiary/aromatic N) is 2. The van der Waals surface area contributed by atoms with Gasteiger partial charge in [0.1, 0.15) is 6.54 Å². The minimum Gasteiger partial charge on any atom is -0.391 e. The lowest BCUT2D eigenvalue weighted by Crippen LogP contribution is -3.15. The first-order valence-corrected chi connectivity index (χ1v) is 9.96. The van der Waals surface area contributed by atoms with Crippen LogP contribution in [-0.2, 0) is 11.2 Å². The molecule has 28 heavy (non-hydrogen) atoms. The molecule has 0 spiro atoms. The van der Waals surface area contributed by atoms with Crippen LogP contribution < -0.4 is 9.80 Å². The molecule has 1 saturated heterocycles. The Morgan fingerprint density at radius 2 is 1.79 bits per heavy atom. The Morgan fingerprint density at radius 3 is 2.50 bits per heavy atom. The number of amides is 2. The molecule has 1 unspecified atom stereocenters. The maximum atomic E-state index is 13.6. The fourth-order valence-corrected chi connectivity index (χ4v) is 4.28. The highest BCUT2D eigenvalue weighted by molar-refractivity contribution is 6.01. The fraction of sp³-hybridized carbons (Fsp3) is 0.409. The van der Waals surface area contributed by atoms with E-state index in [-0.39, 0.29) is 18.7 Å². The molecule has 1 atom stereocenters. The number of urea groups is 1. The first-order valence-electron chi connectivity index (χ1n) is 9.96. The minimum atomic E-state index is -0.0824. The van der Waals surface area contributed by atoms with E-state index in [0.717, 1.165) is 48.6 Å². The number of aliphatic hydroxyl groups excluding tert-OH is 1. The topological polar surface area (TPSA) is 57.5 Å². The van der Waals surface area contributed by atoms with Crippen molar-refractivity contribution in [2.45, 2.75) is 12.5 Å². The average Bonchev–Trinajstić information content (AvgIpc) is 2.88. The van der Waals surface area contributed by atoms with Crippen molar-refractivity contribution in [3.63, 3.8) is 0 Å². The molecule has 2 aliphatic rings. The van der Waals surface area contributed by atoms with Crippen LogP contribution in [0.1, 0.15) is 17.2 Å². The number of aliphatic hydroxyl groups is 1. The van der Waals surface area contributed by atoms with Crippen molar-refractivity contribution < 1.29 is 19.5 Å². The van der Waals surface area contributed by atoms with Crippen LogP contribution >= 0.6 is 0 Å². The Kier molecular flexibility index (Phi) is 5.62. The molecule has 0 radical (unpaired) electrons. The quantitative estimate of drug-likeness (QED) is 0.843. The van der Waals surface area contributed by atoms with Crippen molar-refractivity contribution in [3.05, 3.63) is 59.7 Å². The lowest BCUT2D eigenvalue weighted by molar-refractivity contribution is -0.904. The van der Waals surface area contributed by atoms with Crippen molar-refractivity contribution in [2.24, 2.45) is 0 Å². The van der Waals surface area contributed by atoms with Gasteiger partial charge in [-0.3, -0.25) is 4.90 Å². The molecule has 2 aromatic carbocycles. The van der Waals surface area contributed by atoms with Gasteiger partial charge in [-0.15, -0.1) is 0 Å². The minimum absolute atomic E-state index is 0.0136. The standard InChI is InChI=1S/C22H27N3O3/c1-28-21-16-17-6-2-4-8-19(17)25(20-9-5-3-7-18(20)21)22(27)24-12-10-23(11-13-24)14-15-26/h2-9,21,26H,10-16H2,1H3/p+1. The molecule has 2 aromatic rings. The predicted molar refractivity (Wildman–Crippen MR) is 108 cm³/mol. The van der Waals surface area contributed by atoms with Crippen LogP contribution in [0.15, 0.2) is 48.5 Å². The van der Waals surface area contributed by atoms with Crippen LogP contribution in [0.2, 0.25) is 0 Å². The average molecular weight is 382 g/mol. The van der Waals surface area contributed by atoms with Gasteiger partial charge in [0.15, 0.2) is 0 Å². The Hall–Kier alpha value is -2.41. The highest BCUT2D eigenvalue weighted by Gasteiger charge is 2.34. The molecule has 0 aromatic heterocycles. The zero-order chi connectivity index (χ0) is 19.5. The van der Waals surface area contributed by atoms with Gasteiger partial charge in [-0.05, 0) is 17.7 Å². The van der Waals surface area contributed by atoms with Gasteiger partial charge in [-0.25, -0.2) is 4.79 Å². The van der Waals surface area contributed by atoms with E-state index >= 15 is 0 Å². The van der Waals surface area contributed by atoms with Crippen LogP contribution in [0.3, 0.4) is 0 Å². The van der Waals surface area contributed by atoms with Crippen LogP contribution in [0, 0.1) is 0 Å². The summed E-state index contributed by atoms with van der Waals surface area (Å²) in [6, 6.07) is 16.2. The molecule has 2 N–H and O–H groups in total. The van der Waals surface area contributed by atoms with Crippen LogP contribution in [-0.4, -0.2) is 62.5 Å². The summed E-state index contributed by atoms with van der Waals surface area (Å²) < 4.78 is 5.79. The molecule has 1 fully saturated rings. The molecule has 148 valence electrons. The number of methoxy groups -OCH3 is 1. The monoisotopic (exact) mass is 382 g/mol. The maximum absolute atomic E-state index is 13.6. The van der Waals surface area contributed by atoms with Gasteiger partial charge in [0.2, 0.25) is 0 Å². The zero-order valence-electron chi connectivity index (χ0n) is 16.3. The molecule has 0 bridgehead atoms. The van der Waals surface area contributed by atoms with E-state index in [2.05, 4.69) is 12.1 Å². The summed E-state index contributed by atoms with van der Waals surface area (Å²) in [5, 5.41) is 9.17. The lowest BCUT2D eigenvalue weighted by Gasteiger charge is -2.36. The summed E-state index contributed by atoms with van der Waals surface area (Å²) in [7, 11) is 1.73. The lowest BCUT2D eigenvalue weighted by atomic mass is 10.0. The normalized spacial score (nSPS) is 19.7. The van der Waals surface area contributed by atoms with E-state index in [1.54, 1.807) is 7.11 Å². The van der Waals surface area contributed by atoms with Crippen molar-refractivity contribution in [1.82, 2.24) is 4.90 Å². The fourth-order valence-electron chi connectivity index (χ4n) is 4.28. The third-order valence-electron chi connectivity index (χ3n) is 5.84. The summed E-state index contributed by atoms with van der Waals surface area (Å²) in [6.45, 7) is 4.06. The molecule has 4 rings (SSSR count). The summed E-state index contributed by atoms with van der Waals surface area (Å²) in [6.07, 6.45) is 0.656. The van der Waals surface area contributed by atoms with E-state index in [4.69, 9.17) is 4.74 Å². The van der Waals surface area contributed by atoms with E-state index in [1.165, 1.54) is 4.90 Å². The van der Waals surface area contributed by atoms with E-state index in [0.29, 0.717) is 13.1 Å². The zero-order valence-corrected chi connectivity index (χ0v) is 16.3. The second kappa shape index (κ2) is 8.31. The highest BCUT2D eigenvalue weighted by atomic mass is 16.5. The van der Waals surface area contributed by atoms with Gasteiger partial charge in [0.25, 0.3) is 0 Å².